The highest BCUT2D eigenvalue weighted by molar-refractivity contribution is 5.98. The molecule has 1 N–H and O–H groups in total. The number of aromatic nitrogens is 2. The summed E-state index contributed by atoms with van der Waals surface area (Å²) in [6.45, 7) is 1.28. The molecule has 1 saturated heterocycles. The molecule has 7 nitrogen and oxygen atoms in total. The molecule has 1 aromatic heterocycles. The van der Waals surface area contributed by atoms with Crippen LogP contribution in [0.15, 0.2) is 60.9 Å². The fourth-order valence-corrected chi connectivity index (χ4v) is 3.90. The third kappa shape index (κ3) is 3.30. The fourth-order valence-electron chi connectivity index (χ4n) is 3.90. The predicted molar refractivity (Wildman–Crippen MR) is 110 cm³/mol. The Kier molecular flexibility index (Phi) is 4.37. The molecule has 3 heterocycles. The van der Waals surface area contributed by atoms with Crippen LogP contribution in [0.5, 0.6) is 0 Å². The molecule has 1 unspecified atom stereocenters. The smallest absolute Gasteiger partial charge is 0.254 e. The normalized spacial score (nSPS) is 18.2. The molecule has 7 heteroatoms. The molecule has 146 valence electrons. The minimum Gasteiger partial charge on any atom is -0.340 e. The monoisotopic (exact) mass is 387 g/mol. The Bertz CT molecular complexity index is 1060. The molecular weight excluding hydrogens is 366 g/mol. The summed E-state index contributed by atoms with van der Waals surface area (Å²) in [5.41, 5.74) is 3.87. The maximum Gasteiger partial charge on any atom is 0.254 e. The molecule has 2 aliphatic rings. The van der Waals surface area contributed by atoms with Gasteiger partial charge in [0.1, 0.15) is 12.1 Å². The maximum absolute atomic E-state index is 12.1. The van der Waals surface area contributed by atoms with Crippen LogP contribution >= 0.6 is 0 Å². The molecule has 1 atom stereocenters. The number of hydroxylamine groups is 1. The Balaban J connectivity index is 1.38. The van der Waals surface area contributed by atoms with E-state index < -0.39 is 0 Å². The van der Waals surface area contributed by atoms with Crippen LogP contribution in [0.3, 0.4) is 0 Å². The lowest BCUT2D eigenvalue weighted by Gasteiger charge is -2.24. The lowest BCUT2D eigenvalue weighted by atomic mass is 10.0. The van der Waals surface area contributed by atoms with E-state index in [0.717, 1.165) is 23.2 Å². The van der Waals surface area contributed by atoms with Crippen molar-refractivity contribution in [2.24, 2.45) is 0 Å². The second-order valence-corrected chi connectivity index (χ2v) is 7.29. The van der Waals surface area contributed by atoms with Gasteiger partial charge in [-0.15, -0.1) is 0 Å². The van der Waals surface area contributed by atoms with E-state index in [2.05, 4.69) is 27.4 Å². The molecule has 2 aliphatic heterocycles. The van der Waals surface area contributed by atoms with Gasteiger partial charge in [0.25, 0.3) is 5.91 Å². The van der Waals surface area contributed by atoms with Crippen molar-refractivity contribution >= 4 is 23.2 Å². The highest BCUT2D eigenvalue weighted by Gasteiger charge is 2.29. The fraction of sp³-hybridized carbons (Fsp3) is 0.227. The molecule has 2 aromatic carbocycles. The molecule has 5 rings (SSSR count). The van der Waals surface area contributed by atoms with Gasteiger partial charge in [0.15, 0.2) is 5.82 Å². The summed E-state index contributed by atoms with van der Waals surface area (Å²) in [6, 6.07) is 18.1. The van der Waals surface area contributed by atoms with Crippen molar-refractivity contribution in [2.45, 2.75) is 19.0 Å². The van der Waals surface area contributed by atoms with E-state index in [1.54, 1.807) is 4.90 Å². The number of benzene rings is 2. The quantitative estimate of drug-likeness (QED) is 0.736. The topological polar surface area (TPSA) is 70.6 Å². The first-order chi connectivity index (χ1) is 14.2. The second-order valence-electron chi connectivity index (χ2n) is 7.29. The van der Waals surface area contributed by atoms with Crippen LogP contribution in [0.2, 0.25) is 0 Å². The Morgan fingerprint density at radius 1 is 1.10 bits per heavy atom. The van der Waals surface area contributed by atoms with Gasteiger partial charge in [-0.25, -0.2) is 15.0 Å². The van der Waals surface area contributed by atoms with Crippen LogP contribution in [0, 0.1) is 0 Å². The van der Waals surface area contributed by atoms with E-state index >= 15 is 0 Å². The highest BCUT2D eigenvalue weighted by Crippen LogP contribution is 2.34. The molecule has 0 saturated carbocycles. The molecule has 0 spiro atoms. The Morgan fingerprint density at radius 3 is 2.83 bits per heavy atom. The van der Waals surface area contributed by atoms with E-state index in [-0.39, 0.29) is 11.9 Å². The van der Waals surface area contributed by atoms with Gasteiger partial charge in [-0.3, -0.25) is 9.63 Å². The van der Waals surface area contributed by atoms with Crippen molar-refractivity contribution in [3.05, 3.63) is 77.6 Å². The van der Waals surface area contributed by atoms with Crippen molar-refractivity contribution in [1.29, 1.82) is 0 Å². The van der Waals surface area contributed by atoms with E-state index in [9.17, 15) is 4.79 Å². The molecule has 1 fully saturated rings. The first-order valence-corrected chi connectivity index (χ1v) is 9.63. The number of nitrogens with zero attached hydrogens (tertiary/aromatic N) is 4. The summed E-state index contributed by atoms with van der Waals surface area (Å²) in [7, 11) is 1.81. The number of carbonyl (C=O) groups is 1. The average molecular weight is 387 g/mol. The van der Waals surface area contributed by atoms with Crippen LogP contribution in [-0.4, -0.2) is 34.4 Å². The van der Waals surface area contributed by atoms with Crippen molar-refractivity contribution < 1.29 is 9.63 Å². The zero-order valence-electron chi connectivity index (χ0n) is 16.1. The minimum absolute atomic E-state index is 0.0639. The number of hydrogen-bond acceptors (Lipinski definition) is 6. The molecule has 0 bridgehead atoms. The zero-order chi connectivity index (χ0) is 19.8. The molecular formula is C22H21N5O2. The first kappa shape index (κ1) is 17.6. The van der Waals surface area contributed by atoms with E-state index in [1.165, 1.54) is 11.9 Å². The van der Waals surface area contributed by atoms with Crippen LogP contribution in [-0.2, 0) is 11.4 Å². The predicted octanol–water partition coefficient (Wildman–Crippen LogP) is 3.69. The zero-order valence-corrected chi connectivity index (χ0v) is 16.1. The number of anilines is 3. The summed E-state index contributed by atoms with van der Waals surface area (Å²) in [5, 5.41) is 5.18. The van der Waals surface area contributed by atoms with Crippen LogP contribution in [0.25, 0.3) is 0 Å². The lowest BCUT2D eigenvalue weighted by molar-refractivity contribution is 0.0816. The summed E-state index contributed by atoms with van der Waals surface area (Å²) in [6.07, 6.45) is 2.44. The molecule has 0 radical (unpaired) electrons. The number of nitrogens with one attached hydrogen (secondary N) is 1. The van der Waals surface area contributed by atoms with Crippen LogP contribution in [0.1, 0.15) is 33.9 Å². The Morgan fingerprint density at radius 2 is 1.97 bits per heavy atom. The van der Waals surface area contributed by atoms with Gasteiger partial charge in [0, 0.05) is 37.3 Å². The minimum atomic E-state index is 0.0639. The average Bonchev–Trinajstić information content (AvgIpc) is 3.34. The third-order valence-corrected chi connectivity index (χ3v) is 5.33. The van der Waals surface area contributed by atoms with Gasteiger partial charge in [-0.05, 0) is 29.3 Å². The number of hydrogen-bond donors (Lipinski definition) is 1. The molecule has 0 aliphatic carbocycles. The summed E-state index contributed by atoms with van der Waals surface area (Å²) < 4.78 is 0. The number of rotatable bonds is 4. The van der Waals surface area contributed by atoms with Gasteiger partial charge in [-0.1, -0.05) is 30.3 Å². The van der Waals surface area contributed by atoms with Crippen LogP contribution < -0.4 is 10.4 Å². The van der Waals surface area contributed by atoms with Gasteiger partial charge in [0.05, 0.1) is 12.6 Å². The first-order valence-electron chi connectivity index (χ1n) is 9.63. The summed E-state index contributed by atoms with van der Waals surface area (Å²) in [5.74, 6) is 1.45. The Hall–Kier alpha value is -3.45. The van der Waals surface area contributed by atoms with E-state index in [4.69, 9.17) is 4.84 Å². The van der Waals surface area contributed by atoms with E-state index in [0.29, 0.717) is 24.8 Å². The van der Waals surface area contributed by atoms with E-state index in [1.807, 2.05) is 54.6 Å². The lowest BCUT2D eigenvalue weighted by Crippen LogP contribution is -2.22. The van der Waals surface area contributed by atoms with Crippen molar-refractivity contribution in [3.8, 4) is 0 Å². The van der Waals surface area contributed by atoms with Crippen LogP contribution in [0.4, 0.5) is 17.3 Å². The molecule has 1 amide bonds. The standard InChI is InChI=1S/C22H21N5O2/c1-26-13-16-11-17(7-8-18(16)22(26)28)25-20-12-21(24-14-23-20)27-19(9-10-29-27)15-5-3-2-4-6-15/h2-8,11-12,14,19H,9-10,13H2,1H3,(H,23,24,25). The van der Waals surface area contributed by atoms with Crippen molar-refractivity contribution in [1.82, 2.24) is 14.9 Å². The third-order valence-electron chi connectivity index (χ3n) is 5.33. The molecule has 3 aromatic rings. The van der Waals surface area contributed by atoms with Crippen molar-refractivity contribution in [3.63, 3.8) is 0 Å². The van der Waals surface area contributed by atoms with Crippen molar-refractivity contribution in [2.75, 3.05) is 24.0 Å². The summed E-state index contributed by atoms with van der Waals surface area (Å²) >= 11 is 0. The largest absolute Gasteiger partial charge is 0.340 e. The van der Waals surface area contributed by atoms with Gasteiger partial charge < -0.3 is 10.2 Å². The van der Waals surface area contributed by atoms with Gasteiger partial charge >= 0.3 is 0 Å². The second kappa shape index (κ2) is 7.18. The Labute approximate surface area is 168 Å². The molecule has 29 heavy (non-hydrogen) atoms. The summed E-state index contributed by atoms with van der Waals surface area (Å²) in [4.78, 5) is 28.4. The maximum atomic E-state index is 12.1. The number of carbonyl (C=O) groups excluding carboxylic acids is 1. The highest BCUT2D eigenvalue weighted by atomic mass is 16.7. The SMILES string of the molecule is CN1Cc2cc(Nc3cc(N4OCCC4c4ccccc4)ncn3)ccc2C1=O. The number of fused-ring (bicyclic) bond motifs is 1. The van der Waals surface area contributed by atoms with Gasteiger partial charge in [0.2, 0.25) is 0 Å². The van der Waals surface area contributed by atoms with Gasteiger partial charge in [-0.2, -0.15) is 0 Å². The number of amides is 1.